The summed E-state index contributed by atoms with van der Waals surface area (Å²) < 4.78 is 13.8. The lowest BCUT2D eigenvalue weighted by molar-refractivity contribution is 0.106. The third-order valence-corrected chi connectivity index (χ3v) is 4.29. The second kappa shape index (κ2) is 4.98. The molecule has 1 aromatic heterocycles. The topological polar surface area (TPSA) is 39.2 Å². The van der Waals surface area contributed by atoms with Gasteiger partial charge in [0.15, 0.2) is 4.77 Å². The number of para-hydroxylation sites is 1. The Morgan fingerprint density at radius 2 is 2.16 bits per heavy atom. The first-order chi connectivity index (χ1) is 9.24. The van der Waals surface area contributed by atoms with Crippen molar-refractivity contribution in [3.8, 4) is 5.75 Å². The van der Waals surface area contributed by atoms with E-state index in [9.17, 15) is 0 Å². The monoisotopic (exact) mass is 278 g/mol. The van der Waals surface area contributed by atoms with E-state index in [4.69, 9.17) is 21.7 Å². The van der Waals surface area contributed by atoms with Crippen LogP contribution in [0.3, 0.4) is 0 Å². The molecule has 0 bridgehead atoms. The molecule has 1 aliphatic rings. The van der Waals surface area contributed by atoms with Crippen LogP contribution in [0.5, 0.6) is 5.75 Å². The lowest BCUT2D eigenvalue weighted by Crippen LogP contribution is -2.09. The molecule has 5 heteroatoms. The van der Waals surface area contributed by atoms with Gasteiger partial charge in [0.2, 0.25) is 0 Å². The third kappa shape index (κ3) is 2.07. The van der Waals surface area contributed by atoms with Crippen LogP contribution in [0.25, 0.3) is 11.0 Å². The molecular formula is C14H18N2O2S. The molecule has 1 N–H and O–H groups in total. The van der Waals surface area contributed by atoms with Crippen LogP contribution in [0.1, 0.15) is 25.3 Å². The maximum absolute atomic E-state index is 5.48. The number of hydrogen-bond acceptors (Lipinski definition) is 3. The zero-order valence-electron chi connectivity index (χ0n) is 11.2. The zero-order chi connectivity index (χ0) is 13.4. The van der Waals surface area contributed by atoms with Gasteiger partial charge in [0, 0.05) is 13.2 Å². The summed E-state index contributed by atoms with van der Waals surface area (Å²) in [5.74, 6) is 0.837. The van der Waals surface area contributed by atoms with Gasteiger partial charge in [-0.05, 0) is 43.6 Å². The van der Waals surface area contributed by atoms with Crippen molar-refractivity contribution in [3.05, 3.63) is 23.0 Å². The van der Waals surface area contributed by atoms with E-state index in [-0.39, 0.29) is 0 Å². The van der Waals surface area contributed by atoms with E-state index in [1.807, 2.05) is 12.1 Å². The SMILES string of the molecule is COc1cccc2c1[nH]c(=S)n2C1CCC(OC)C1. The minimum absolute atomic E-state index is 0.349. The van der Waals surface area contributed by atoms with Crippen molar-refractivity contribution in [1.29, 1.82) is 0 Å². The van der Waals surface area contributed by atoms with Crippen molar-refractivity contribution in [2.75, 3.05) is 14.2 Å². The fourth-order valence-corrected chi connectivity index (χ4v) is 3.37. The molecule has 1 aromatic carbocycles. The van der Waals surface area contributed by atoms with Crippen molar-refractivity contribution in [2.45, 2.75) is 31.4 Å². The van der Waals surface area contributed by atoms with Gasteiger partial charge in [-0.1, -0.05) is 6.07 Å². The van der Waals surface area contributed by atoms with Gasteiger partial charge in [-0.25, -0.2) is 0 Å². The number of H-pyrrole nitrogens is 1. The van der Waals surface area contributed by atoms with Gasteiger partial charge in [0.05, 0.1) is 18.7 Å². The number of benzene rings is 1. The minimum atomic E-state index is 0.349. The molecule has 0 saturated heterocycles. The highest BCUT2D eigenvalue weighted by molar-refractivity contribution is 7.71. The zero-order valence-corrected chi connectivity index (χ0v) is 12.0. The molecule has 1 saturated carbocycles. The second-order valence-corrected chi connectivity index (χ2v) is 5.37. The van der Waals surface area contributed by atoms with Crippen molar-refractivity contribution < 1.29 is 9.47 Å². The smallest absolute Gasteiger partial charge is 0.178 e. The van der Waals surface area contributed by atoms with Crippen molar-refractivity contribution >= 4 is 23.3 Å². The number of hydrogen-bond donors (Lipinski definition) is 1. The Kier molecular flexibility index (Phi) is 3.33. The predicted molar refractivity (Wildman–Crippen MR) is 77.4 cm³/mol. The van der Waals surface area contributed by atoms with E-state index in [1.54, 1.807) is 14.2 Å². The molecule has 0 amide bonds. The fraction of sp³-hybridized carbons (Fsp3) is 0.500. The van der Waals surface area contributed by atoms with Crippen molar-refractivity contribution in [1.82, 2.24) is 9.55 Å². The summed E-state index contributed by atoms with van der Waals surface area (Å²) in [6.07, 6.45) is 3.58. The normalized spacial score (nSPS) is 23.1. The first kappa shape index (κ1) is 12.7. The summed E-state index contributed by atoms with van der Waals surface area (Å²) in [7, 11) is 3.46. The largest absolute Gasteiger partial charge is 0.494 e. The molecule has 1 fully saturated rings. The van der Waals surface area contributed by atoms with Crippen molar-refractivity contribution in [2.24, 2.45) is 0 Å². The van der Waals surface area contributed by atoms with Crippen LogP contribution >= 0.6 is 12.2 Å². The van der Waals surface area contributed by atoms with Crippen LogP contribution in [-0.4, -0.2) is 29.9 Å². The van der Waals surface area contributed by atoms with E-state index in [0.717, 1.165) is 40.8 Å². The summed E-state index contributed by atoms with van der Waals surface area (Å²) >= 11 is 5.48. The molecular weight excluding hydrogens is 260 g/mol. The van der Waals surface area contributed by atoms with Gasteiger partial charge in [0.1, 0.15) is 11.3 Å². The predicted octanol–water partition coefficient (Wildman–Crippen LogP) is 3.45. The molecule has 1 aliphatic carbocycles. The van der Waals surface area contributed by atoms with Crippen LogP contribution in [0.4, 0.5) is 0 Å². The number of aromatic nitrogens is 2. The van der Waals surface area contributed by atoms with Crippen LogP contribution in [0.2, 0.25) is 0 Å². The molecule has 3 rings (SSSR count). The van der Waals surface area contributed by atoms with Crippen LogP contribution < -0.4 is 4.74 Å². The van der Waals surface area contributed by atoms with E-state index < -0.39 is 0 Å². The molecule has 2 atom stereocenters. The minimum Gasteiger partial charge on any atom is -0.494 e. The van der Waals surface area contributed by atoms with Crippen molar-refractivity contribution in [3.63, 3.8) is 0 Å². The Morgan fingerprint density at radius 3 is 2.84 bits per heavy atom. The van der Waals surface area contributed by atoms with Gasteiger partial charge in [-0.15, -0.1) is 0 Å². The molecule has 4 nitrogen and oxygen atoms in total. The molecule has 2 unspecified atom stereocenters. The lowest BCUT2D eigenvalue weighted by Gasteiger charge is -2.13. The highest BCUT2D eigenvalue weighted by atomic mass is 32.1. The first-order valence-corrected chi connectivity index (χ1v) is 6.95. The fourth-order valence-electron chi connectivity index (χ4n) is 3.02. The van der Waals surface area contributed by atoms with Gasteiger partial charge in [0.25, 0.3) is 0 Å². The first-order valence-electron chi connectivity index (χ1n) is 6.54. The molecule has 102 valence electrons. The maximum Gasteiger partial charge on any atom is 0.178 e. The highest BCUT2D eigenvalue weighted by Gasteiger charge is 2.27. The summed E-state index contributed by atoms with van der Waals surface area (Å²) in [4.78, 5) is 3.27. The van der Waals surface area contributed by atoms with E-state index in [1.165, 1.54) is 0 Å². The number of imidazole rings is 1. The number of rotatable bonds is 3. The van der Waals surface area contributed by atoms with Gasteiger partial charge in [-0.3, -0.25) is 0 Å². The number of fused-ring (bicyclic) bond motifs is 1. The number of nitrogens with one attached hydrogen (secondary N) is 1. The molecule has 0 aliphatic heterocycles. The molecule has 0 spiro atoms. The maximum atomic E-state index is 5.48. The molecule has 2 aromatic rings. The average molecular weight is 278 g/mol. The van der Waals surface area contributed by atoms with Crippen LogP contribution in [0.15, 0.2) is 18.2 Å². The van der Waals surface area contributed by atoms with E-state index in [0.29, 0.717) is 12.1 Å². The Labute approximate surface area is 117 Å². The lowest BCUT2D eigenvalue weighted by atomic mass is 10.2. The van der Waals surface area contributed by atoms with Gasteiger partial charge >= 0.3 is 0 Å². The Balaban J connectivity index is 2.09. The summed E-state index contributed by atoms with van der Waals surface area (Å²) in [6, 6.07) is 6.45. The Hall–Kier alpha value is -1.33. The number of nitrogens with zero attached hydrogens (tertiary/aromatic N) is 1. The average Bonchev–Trinajstić information content (AvgIpc) is 3.00. The quantitative estimate of drug-likeness (QED) is 0.874. The number of aromatic amines is 1. The van der Waals surface area contributed by atoms with E-state index >= 15 is 0 Å². The number of ether oxygens (including phenoxy) is 2. The molecule has 0 radical (unpaired) electrons. The standard InChI is InChI=1S/C14H18N2O2S/c1-17-10-7-6-9(8-10)16-11-4-3-5-12(18-2)13(11)15-14(16)19/h3-5,9-10H,6-8H2,1-2H3,(H,15,19). The summed E-state index contributed by atoms with van der Waals surface area (Å²) in [6.45, 7) is 0. The van der Waals surface area contributed by atoms with Gasteiger partial charge < -0.3 is 19.0 Å². The summed E-state index contributed by atoms with van der Waals surface area (Å²) in [5.41, 5.74) is 2.10. The summed E-state index contributed by atoms with van der Waals surface area (Å²) in [5, 5.41) is 0. The van der Waals surface area contributed by atoms with E-state index in [2.05, 4.69) is 15.6 Å². The Morgan fingerprint density at radius 1 is 1.32 bits per heavy atom. The molecule has 19 heavy (non-hydrogen) atoms. The Bertz CT molecular complexity index is 646. The number of methoxy groups -OCH3 is 2. The van der Waals surface area contributed by atoms with Crippen LogP contribution in [-0.2, 0) is 4.74 Å². The highest BCUT2D eigenvalue weighted by Crippen LogP contribution is 2.35. The second-order valence-electron chi connectivity index (χ2n) is 4.98. The van der Waals surface area contributed by atoms with Gasteiger partial charge in [-0.2, -0.15) is 0 Å². The third-order valence-electron chi connectivity index (χ3n) is 3.99. The van der Waals surface area contributed by atoms with Crippen LogP contribution in [0, 0.1) is 4.77 Å². The molecule has 1 heterocycles.